The lowest BCUT2D eigenvalue weighted by Gasteiger charge is -2.16. The quantitative estimate of drug-likeness (QED) is 0.214. The Morgan fingerprint density at radius 3 is 1.53 bits per heavy atom. The van der Waals surface area contributed by atoms with E-state index in [0.29, 0.717) is 5.57 Å². The number of carboxylic acids is 2. The van der Waals surface area contributed by atoms with E-state index in [0.717, 1.165) is 0 Å². The molecule has 10 heteroatoms. The molecule has 0 heterocycles. The smallest absolute Gasteiger partial charge is 0.321 e. The van der Waals surface area contributed by atoms with E-state index >= 15 is 0 Å². The zero-order chi connectivity index (χ0) is 26.3. The molecule has 0 fully saturated rings. The molecule has 0 aliphatic heterocycles. The van der Waals surface area contributed by atoms with Gasteiger partial charge in [-0.2, -0.15) is 0 Å². The Balaban J connectivity index is 5.38. The third kappa shape index (κ3) is 13.1. The number of aliphatic carboxylic acids is 2. The van der Waals surface area contributed by atoms with E-state index in [1.807, 2.05) is 0 Å². The Bertz CT molecular complexity index is 846. The molecule has 3 unspecified atom stereocenters. The third-order valence-corrected chi connectivity index (χ3v) is 4.46. The van der Waals surface area contributed by atoms with Crippen molar-refractivity contribution >= 4 is 35.8 Å². The first-order chi connectivity index (χ1) is 15.9. The van der Waals surface area contributed by atoms with Gasteiger partial charge in [0.2, 0.25) is 0 Å². The van der Waals surface area contributed by atoms with Crippen LogP contribution < -0.4 is 0 Å². The van der Waals surface area contributed by atoms with Crippen molar-refractivity contribution in [3.05, 3.63) is 36.0 Å². The fourth-order valence-corrected chi connectivity index (χ4v) is 2.84. The van der Waals surface area contributed by atoms with Crippen LogP contribution in [-0.4, -0.2) is 46.0 Å². The molecule has 0 amide bonds. The standard InChI is InChI=1S/C24H32O10/c1-5-7-9-16(12-19(25)26)22(30)33-21(29)14-18(11-15(3)4)24(32)34-23(31)17(10-8-6-2)13-20(27)28/h5-8,11,16-18H,9-10,12-14H2,1-4H3,(H,25,26)(H,27,28). The summed E-state index contributed by atoms with van der Waals surface area (Å²) in [5.74, 6) is -10.2. The SMILES string of the molecule is CC=CCC(CC(=O)O)C(=O)OC(=O)CC(C=C(C)C)C(=O)OC(=O)C(CC=CC)CC(=O)O. The molecule has 188 valence electrons. The van der Waals surface area contributed by atoms with E-state index in [1.54, 1.807) is 52.0 Å². The van der Waals surface area contributed by atoms with Crippen molar-refractivity contribution in [1.82, 2.24) is 0 Å². The molecule has 0 saturated carbocycles. The molecule has 0 rings (SSSR count). The summed E-state index contributed by atoms with van der Waals surface area (Å²) in [7, 11) is 0. The number of carbonyl (C=O) groups excluding carboxylic acids is 4. The summed E-state index contributed by atoms with van der Waals surface area (Å²) in [5.41, 5.74) is 0.612. The maximum atomic E-state index is 12.6. The minimum atomic E-state index is -1.27. The molecule has 0 radical (unpaired) electrons. The lowest BCUT2D eigenvalue weighted by Crippen LogP contribution is -2.29. The van der Waals surface area contributed by atoms with Crippen molar-refractivity contribution in [3.63, 3.8) is 0 Å². The summed E-state index contributed by atoms with van der Waals surface area (Å²) in [6.07, 6.45) is 6.12. The van der Waals surface area contributed by atoms with Gasteiger partial charge in [-0.1, -0.05) is 36.0 Å². The van der Waals surface area contributed by atoms with Gasteiger partial charge in [0, 0.05) is 0 Å². The van der Waals surface area contributed by atoms with E-state index in [9.17, 15) is 28.8 Å². The van der Waals surface area contributed by atoms with E-state index in [-0.39, 0.29) is 12.8 Å². The van der Waals surface area contributed by atoms with Gasteiger partial charge in [-0.15, -0.1) is 0 Å². The summed E-state index contributed by atoms with van der Waals surface area (Å²) in [6.45, 7) is 6.64. The second-order valence-electron chi connectivity index (χ2n) is 7.79. The first kappa shape index (κ1) is 30.4. The Morgan fingerprint density at radius 1 is 0.706 bits per heavy atom. The van der Waals surface area contributed by atoms with Gasteiger partial charge in [0.05, 0.1) is 37.0 Å². The van der Waals surface area contributed by atoms with Gasteiger partial charge in [-0.25, -0.2) is 0 Å². The first-order valence-corrected chi connectivity index (χ1v) is 10.7. The molecule has 10 nitrogen and oxygen atoms in total. The number of hydrogen-bond donors (Lipinski definition) is 2. The van der Waals surface area contributed by atoms with Crippen molar-refractivity contribution in [3.8, 4) is 0 Å². The zero-order valence-corrected chi connectivity index (χ0v) is 19.8. The molecule has 0 bridgehead atoms. The molecule has 0 aromatic heterocycles. The second-order valence-corrected chi connectivity index (χ2v) is 7.79. The Labute approximate surface area is 198 Å². The van der Waals surface area contributed by atoms with Crippen molar-refractivity contribution < 1.29 is 48.5 Å². The fraction of sp³-hybridized carbons (Fsp3) is 0.500. The number of carboxylic acid groups (broad SMARTS) is 2. The molecule has 0 aromatic rings. The fourth-order valence-electron chi connectivity index (χ4n) is 2.84. The summed E-state index contributed by atoms with van der Waals surface area (Å²) in [6, 6.07) is 0. The Hall–Kier alpha value is -3.56. The summed E-state index contributed by atoms with van der Waals surface area (Å²) in [5, 5.41) is 18.0. The van der Waals surface area contributed by atoms with Gasteiger partial charge in [-0.3, -0.25) is 28.8 Å². The second kappa shape index (κ2) is 16.1. The Morgan fingerprint density at radius 2 is 1.15 bits per heavy atom. The van der Waals surface area contributed by atoms with Crippen LogP contribution in [0.15, 0.2) is 36.0 Å². The van der Waals surface area contributed by atoms with Gasteiger partial charge in [0.1, 0.15) is 0 Å². The van der Waals surface area contributed by atoms with E-state index in [1.165, 1.54) is 6.08 Å². The average Bonchev–Trinajstić information content (AvgIpc) is 2.72. The molecule has 0 aromatic carbocycles. The van der Waals surface area contributed by atoms with Gasteiger partial charge in [0.25, 0.3) is 0 Å². The number of hydrogen-bond acceptors (Lipinski definition) is 8. The highest BCUT2D eigenvalue weighted by molar-refractivity contribution is 5.94. The topological polar surface area (TPSA) is 161 Å². The van der Waals surface area contributed by atoms with Crippen molar-refractivity contribution in [1.29, 1.82) is 0 Å². The van der Waals surface area contributed by atoms with E-state index in [2.05, 4.69) is 0 Å². The Kier molecular flexibility index (Phi) is 14.4. The third-order valence-electron chi connectivity index (χ3n) is 4.46. The molecular formula is C24H32O10. The minimum absolute atomic E-state index is 0.0515. The van der Waals surface area contributed by atoms with Crippen LogP contribution in [0.25, 0.3) is 0 Å². The van der Waals surface area contributed by atoms with Gasteiger partial charge < -0.3 is 19.7 Å². The monoisotopic (exact) mass is 480 g/mol. The molecule has 2 N–H and O–H groups in total. The molecule has 0 aliphatic rings. The van der Waals surface area contributed by atoms with Crippen molar-refractivity contribution in [2.75, 3.05) is 0 Å². The maximum absolute atomic E-state index is 12.6. The maximum Gasteiger partial charge on any atom is 0.321 e. The average molecular weight is 481 g/mol. The van der Waals surface area contributed by atoms with Gasteiger partial charge >= 0.3 is 35.8 Å². The largest absolute Gasteiger partial charge is 0.481 e. The molecule has 0 aliphatic carbocycles. The van der Waals surface area contributed by atoms with Crippen LogP contribution in [0, 0.1) is 17.8 Å². The number of allylic oxidation sites excluding steroid dienone is 5. The highest BCUT2D eigenvalue weighted by Gasteiger charge is 2.31. The van der Waals surface area contributed by atoms with Crippen molar-refractivity contribution in [2.45, 2.75) is 59.8 Å². The van der Waals surface area contributed by atoms with Gasteiger partial charge in [-0.05, 0) is 40.5 Å². The molecular weight excluding hydrogens is 448 g/mol. The summed E-state index contributed by atoms with van der Waals surface area (Å²) >= 11 is 0. The highest BCUT2D eigenvalue weighted by Crippen LogP contribution is 2.18. The van der Waals surface area contributed by atoms with Crippen molar-refractivity contribution in [2.24, 2.45) is 17.8 Å². The van der Waals surface area contributed by atoms with E-state index in [4.69, 9.17) is 19.7 Å². The van der Waals surface area contributed by atoms with Crippen LogP contribution in [0.5, 0.6) is 0 Å². The molecule has 0 spiro atoms. The predicted octanol–water partition coefficient (Wildman–Crippen LogP) is 3.21. The molecule has 3 atom stereocenters. The minimum Gasteiger partial charge on any atom is -0.481 e. The van der Waals surface area contributed by atoms with Crippen LogP contribution in [0.2, 0.25) is 0 Å². The number of rotatable bonds is 14. The lowest BCUT2D eigenvalue weighted by molar-refractivity contribution is -0.170. The molecule has 34 heavy (non-hydrogen) atoms. The van der Waals surface area contributed by atoms with Crippen LogP contribution in [0.1, 0.15) is 59.8 Å². The van der Waals surface area contributed by atoms with Crippen LogP contribution >= 0.6 is 0 Å². The first-order valence-electron chi connectivity index (χ1n) is 10.7. The van der Waals surface area contributed by atoms with E-state index < -0.39 is 72.8 Å². The number of ether oxygens (including phenoxy) is 2. The van der Waals surface area contributed by atoms with Gasteiger partial charge in [0.15, 0.2) is 0 Å². The molecule has 0 saturated heterocycles. The zero-order valence-electron chi connectivity index (χ0n) is 19.8. The normalized spacial score (nSPS) is 13.6. The summed E-state index contributed by atoms with van der Waals surface area (Å²) in [4.78, 5) is 71.5. The highest BCUT2D eigenvalue weighted by atomic mass is 16.6. The summed E-state index contributed by atoms with van der Waals surface area (Å²) < 4.78 is 9.58. The number of carbonyl (C=O) groups is 6. The lowest BCUT2D eigenvalue weighted by atomic mass is 10.00. The van der Waals surface area contributed by atoms with Crippen LogP contribution in [-0.2, 0) is 38.2 Å². The van der Waals surface area contributed by atoms with Crippen LogP contribution in [0.4, 0.5) is 0 Å². The number of esters is 4. The predicted molar refractivity (Wildman–Crippen MR) is 120 cm³/mol. The van der Waals surface area contributed by atoms with Crippen LogP contribution in [0.3, 0.4) is 0 Å².